The number of ketones is 1. The van der Waals surface area contributed by atoms with Crippen LogP contribution in [-0.4, -0.2) is 29.1 Å². The van der Waals surface area contributed by atoms with Gasteiger partial charge in [-0.2, -0.15) is 0 Å². The molecule has 186 valence electrons. The molecule has 0 bridgehead atoms. The summed E-state index contributed by atoms with van der Waals surface area (Å²) in [6.45, 7) is 13.3. The maximum Gasteiger partial charge on any atom is 0.302 e. The molecule has 1 N–H and O–H groups in total. The van der Waals surface area contributed by atoms with E-state index >= 15 is 0 Å². The van der Waals surface area contributed by atoms with Crippen molar-refractivity contribution in [1.29, 1.82) is 0 Å². The monoisotopic (exact) mass is 458 g/mol. The highest BCUT2D eigenvalue weighted by molar-refractivity contribution is 5.94. The number of allylic oxidation sites excluding steroid dienone is 2. The van der Waals surface area contributed by atoms with E-state index in [1.54, 1.807) is 0 Å². The summed E-state index contributed by atoms with van der Waals surface area (Å²) in [6.07, 6.45) is 10.5. The van der Waals surface area contributed by atoms with Gasteiger partial charge in [0.1, 0.15) is 6.10 Å². The number of hydrogen-bond acceptors (Lipinski definition) is 4. The summed E-state index contributed by atoms with van der Waals surface area (Å²) in [5.41, 5.74) is 1.44. The van der Waals surface area contributed by atoms with Gasteiger partial charge in [0, 0.05) is 12.8 Å². The quantitative estimate of drug-likeness (QED) is 0.488. The molecule has 9 atom stereocenters. The first kappa shape index (κ1) is 24.9. The molecule has 3 saturated carbocycles. The maximum atomic E-state index is 13.4. The Morgan fingerprint density at radius 1 is 1.09 bits per heavy atom. The molecule has 0 amide bonds. The van der Waals surface area contributed by atoms with Crippen LogP contribution < -0.4 is 0 Å². The van der Waals surface area contributed by atoms with Crippen molar-refractivity contribution >= 4 is 11.8 Å². The van der Waals surface area contributed by atoms with E-state index in [4.69, 9.17) is 4.74 Å². The fourth-order valence-electron chi connectivity index (χ4n) is 8.73. The molecule has 0 aromatic heterocycles. The molecule has 4 rings (SSSR count). The van der Waals surface area contributed by atoms with Crippen molar-refractivity contribution in [3.8, 4) is 0 Å². The molecule has 4 nitrogen and oxygen atoms in total. The first-order valence-electron chi connectivity index (χ1n) is 13.6. The highest BCUT2D eigenvalue weighted by Gasteiger charge is 2.61. The van der Waals surface area contributed by atoms with Crippen LogP contribution in [0.25, 0.3) is 0 Å². The zero-order valence-corrected chi connectivity index (χ0v) is 21.7. The van der Waals surface area contributed by atoms with Gasteiger partial charge in [0.2, 0.25) is 0 Å². The number of esters is 1. The van der Waals surface area contributed by atoms with Gasteiger partial charge in [0.15, 0.2) is 5.78 Å². The molecular weight excluding hydrogens is 412 g/mol. The Morgan fingerprint density at radius 3 is 2.45 bits per heavy atom. The van der Waals surface area contributed by atoms with Crippen LogP contribution in [0.3, 0.4) is 0 Å². The minimum absolute atomic E-state index is 0.162. The summed E-state index contributed by atoms with van der Waals surface area (Å²) in [6, 6.07) is 0. The number of aliphatic hydroxyl groups is 1. The van der Waals surface area contributed by atoms with Crippen molar-refractivity contribution in [2.45, 2.75) is 112 Å². The fraction of sp³-hybridized carbons (Fsp3) is 0.862. The third kappa shape index (κ3) is 4.34. The molecule has 33 heavy (non-hydrogen) atoms. The van der Waals surface area contributed by atoms with Crippen LogP contribution in [0.5, 0.6) is 0 Å². The Kier molecular flexibility index (Phi) is 6.90. The average molecular weight is 459 g/mol. The number of hydrogen-bond donors (Lipinski definition) is 1. The lowest BCUT2D eigenvalue weighted by molar-refractivity contribution is -0.169. The summed E-state index contributed by atoms with van der Waals surface area (Å²) < 4.78 is 5.52. The minimum atomic E-state index is -0.748. The number of ether oxygens (including phenoxy) is 1. The van der Waals surface area contributed by atoms with Gasteiger partial charge >= 0.3 is 5.97 Å². The van der Waals surface area contributed by atoms with Crippen molar-refractivity contribution in [3.05, 3.63) is 11.6 Å². The molecule has 0 spiro atoms. The first-order valence-corrected chi connectivity index (χ1v) is 13.6. The van der Waals surface area contributed by atoms with Gasteiger partial charge in [0.25, 0.3) is 0 Å². The number of carbonyl (C=O) groups excluding carboxylic acids is 2. The van der Waals surface area contributed by atoms with Crippen LogP contribution in [0.15, 0.2) is 11.6 Å². The molecule has 4 heteroatoms. The van der Waals surface area contributed by atoms with Gasteiger partial charge in [0.05, 0.1) is 6.10 Å². The van der Waals surface area contributed by atoms with Crippen molar-refractivity contribution < 1.29 is 19.4 Å². The van der Waals surface area contributed by atoms with Crippen molar-refractivity contribution in [3.63, 3.8) is 0 Å². The third-order valence-electron chi connectivity index (χ3n) is 10.4. The predicted octanol–water partition coefficient (Wildman–Crippen LogP) is 6.11. The van der Waals surface area contributed by atoms with Crippen LogP contribution in [0.1, 0.15) is 99.3 Å². The molecule has 0 aromatic carbocycles. The van der Waals surface area contributed by atoms with Gasteiger partial charge in [-0.1, -0.05) is 59.5 Å². The first-order chi connectivity index (χ1) is 15.5. The number of rotatable bonds is 6. The third-order valence-corrected chi connectivity index (χ3v) is 10.4. The van der Waals surface area contributed by atoms with E-state index in [1.807, 2.05) is 6.08 Å². The molecule has 4 aliphatic carbocycles. The molecule has 3 fully saturated rings. The van der Waals surface area contributed by atoms with Gasteiger partial charge in [-0.25, -0.2) is 0 Å². The standard InChI is InChI=1S/C29H46O4/c1-17(2)8-7-9-18(3)21-10-11-22-20-14-25(31)24-15-26(32)27(33-19(4)30)16-29(24,6)23(20)12-13-28(21,22)5/h14,17-18,21-24,26-27,32H,7-13,15-16H2,1-6H3/t18-,21-,22+,23+,24-,26-,27+,28-,29-/m1/s1. The summed E-state index contributed by atoms with van der Waals surface area (Å²) in [5.74, 6) is 2.78. The van der Waals surface area contributed by atoms with Crippen molar-refractivity contribution in [1.82, 2.24) is 0 Å². The lowest BCUT2D eigenvalue weighted by Crippen LogP contribution is -2.56. The molecule has 0 unspecified atom stereocenters. The Labute approximate surface area is 200 Å². The van der Waals surface area contributed by atoms with Crippen LogP contribution in [0, 0.1) is 46.3 Å². The van der Waals surface area contributed by atoms with Crippen LogP contribution in [0.4, 0.5) is 0 Å². The number of fused-ring (bicyclic) bond motifs is 5. The van der Waals surface area contributed by atoms with Crippen molar-refractivity contribution in [2.24, 2.45) is 46.3 Å². The Bertz CT molecular complexity index is 799. The van der Waals surface area contributed by atoms with Crippen LogP contribution in [-0.2, 0) is 14.3 Å². The van der Waals surface area contributed by atoms with Crippen LogP contribution >= 0.6 is 0 Å². The molecule has 0 radical (unpaired) electrons. The lowest BCUT2D eigenvalue weighted by atomic mass is 9.47. The molecular formula is C29H46O4. The summed E-state index contributed by atoms with van der Waals surface area (Å²) in [4.78, 5) is 25.0. The van der Waals surface area contributed by atoms with Gasteiger partial charge in [-0.05, 0) is 85.0 Å². The number of carbonyl (C=O) groups is 2. The molecule has 4 aliphatic rings. The number of aliphatic hydroxyl groups excluding tert-OH is 1. The molecule has 0 aromatic rings. The smallest absolute Gasteiger partial charge is 0.302 e. The predicted molar refractivity (Wildman–Crippen MR) is 130 cm³/mol. The highest BCUT2D eigenvalue weighted by atomic mass is 16.6. The van der Waals surface area contributed by atoms with E-state index in [0.717, 1.165) is 24.2 Å². The highest BCUT2D eigenvalue weighted by Crippen LogP contribution is 2.66. The van der Waals surface area contributed by atoms with Gasteiger partial charge < -0.3 is 9.84 Å². The van der Waals surface area contributed by atoms with E-state index < -0.39 is 12.2 Å². The second-order valence-corrected chi connectivity index (χ2v) is 12.9. The summed E-state index contributed by atoms with van der Waals surface area (Å²) >= 11 is 0. The topological polar surface area (TPSA) is 63.6 Å². The Balaban J connectivity index is 1.56. The summed E-state index contributed by atoms with van der Waals surface area (Å²) in [7, 11) is 0. The average Bonchev–Trinajstić information content (AvgIpc) is 3.07. The largest absolute Gasteiger partial charge is 0.460 e. The van der Waals surface area contributed by atoms with Crippen LogP contribution in [0.2, 0.25) is 0 Å². The summed E-state index contributed by atoms with van der Waals surface area (Å²) in [5, 5.41) is 10.6. The lowest BCUT2D eigenvalue weighted by Gasteiger charge is -2.57. The van der Waals surface area contributed by atoms with E-state index in [1.165, 1.54) is 51.0 Å². The zero-order valence-electron chi connectivity index (χ0n) is 21.7. The van der Waals surface area contributed by atoms with Crippen molar-refractivity contribution in [2.75, 3.05) is 0 Å². The second kappa shape index (κ2) is 9.13. The SMILES string of the molecule is CC(=O)O[C@H]1C[C@@]2(C)[C@H](C[C@H]1O)C(=O)C=C1[C@@H]2CC[C@]2(C)[C@@H]([C@H](C)CCCC(C)C)CC[C@@H]12. The van der Waals surface area contributed by atoms with E-state index in [-0.39, 0.29) is 28.5 Å². The van der Waals surface area contributed by atoms with Gasteiger partial charge in [-0.3, -0.25) is 9.59 Å². The van der Waals surface area contributed by atoms with E-state index in [2.05, 4.69) is 34.6 Å². The Hall–Kier alpha value is -1.16. The van der Waals surface area contributed by atoms with Gasteiger partial charge in [-0.15, -0.1) is 0 Å². The Morgan fingerprint density at radius 2 is 1.79 bits per heavy atom. The zero-order chi connectivity index (χ0) is 24.1. The minimum Gasteiger partial charge on any atom is -0.460 e. The molecule has 0 aliphatic heterocycles. The normalized spacial score (nSPS) is 43.4. The van der Waals surface area contributed by atoms with E-state index in [9.17, 15) is 14.7 Å². The molecule has 0 heterocycles. The molecule has 0 saturated heterocycles. The second-order valence-electron chi connectivity index (χ2n) is 12.9. The van der Waals surface area contributed by atoms with E-state index in [0.29, 0.717) is 24.7 Å². The maximum absolute atomic E-state index is 13.4. The fourth-order valence-corrected chi connectivity index (χ4v) is 8.73.